The maximum atomic E-state index is 11.8. The molecule has 28 heavy (non-hydrogen) atoms. The highest BCUT2D eigenvalue weighted by Gasteiger charge is 2.14. The number of benzene rings is 3. The summed E-state index contributed by atoms with van der Waals surface area (Å²) in [6.07, 6.45) is 1.61. The van der Waals surface area contributed by atoms with Crippen LogP contribution in [0.15, 0.2) is 83.5 Å². The molecule has 4 nitrogen and oxygen atoms in total. The van der Waals surface area contributed by atoms with Crippen LogP contribution in [0.4, 0.5) is 0 Å². The Morgan fingerprint density at radius 1 is 0.893 bits per heavy atom. The highest BCUT2D eigenvalue weighted by molar-refractivity contribution is 5.90. The molecule has 0 aliphatic heterocycles. The SMILES string of the molecule is COC(=O)c1cccc(-c2coc(-c3cccc(-c4ccccc4)c3C)n2)c1. The molecule has 0 atom stereocenters. The number of rotatable bonds is 4. The minimum absolute atomic E-state index is 0.378. The number of ether oxygens (including phenoxy) is 1. The van der Waals surface area contributed by atoms with Gasteiger partial charge in [0.05, 0.1) is 12.7 Å². The van der Waals surface area contributed by atoms with Crippen molar-refractivity contribution in [2.75, 3.05) is 7.11 Å². The van der Waals surface area contributed by atoms with Crippen LogP contribution in [0, 0.1) is 6.92 Å². The summed E-state index contributed by atoms with van der Waals surface area (Å²) in [7, 11) is 1.37. The molecule has 0 aliphatic rings. The molecule has 0 N–H and O–H groups in total. The number of aromatic nitrogens is 1. The molecule has 0 unspecified atom stereocenters. The molecule has 0 amide bonds. The molecule has 1 heterocycles. The Morgan fingerprint density at radius 3 is 2.39 bits per heavy atom. The largest absolute Gasteiger partial charge is 0.465 e. The van der Waals surface area contributed by atoms with Gasteiger partial charge >= 0.3 is 5.97 Å². The average Bonchev–Trinajstić information content (AvgIpc) is 3.24. The fourth-order valence-electron chi connectivity index (χ4n) is 3.25. The van der Waals surface area contributed by atoms with Gasteiger partial charge in [0.1, 0.15) is 12.0 Å². The Bertz CT molecular complexity index is 1130. The third-order valence-electron chi connectivity index (χ3n) is 4.73. The molecule has 0 saturated carbocycles. The van der Waals surface area contributed by atoms with Crippen LogP contribution in [0.2, 0.25) is 0 Å². The van der Waals surface area contributed by atoms with Gasteiger partial charge < -0.3 is 9.15 Å². The summed E-state index contributed by atoms with van der Waals surface area (Å²) in [5.41, 5.74) is 6.29. The number of nitrogens with zero attached hydrogens (tertiary/aromatic N) is 1. The Morgan fingerprint density at radius 2 is 1.61 bits per heavy atom. The zero-order chi connectivity index (χ0) is 19.5. The molecule has 0 spiro atoms. The van der Waals surface area contributed by atoms with Gasteiger partial charge in [-0.2, -0.15) is 0 Å². The first-order valence-electron chi connectivity index (χ1n) is 8.97. The molecule has 138 valence electrons. The summed E-state index contributed by atoms with van der Waals surface area (Å²) in [4.78, 5) is 16.4. The lowest BCUT2D eigenvalue weighted by molar-refractivity contribution is 0.0601. The van der Waals surface area contributed by atoms with E-state index in [1.54, 1.807) is 24.5 Å². The topological polar surface area (TPSA) is 52.3 Å². The highest BCUT2D eigenvalue weighted by Crippen LogP contribution is 2.32. The van der Waals surface area contributed by atoms with Crippen LogP contribution in [-0.4, -0.2) is 18.1 Å². The lowest BCUT2D eigenvalue weighted by atomic mass is 9.96. The molecule has 0 saturated heterocycles. The van der Waals surface area contributed by atoms with Crippen LogP contribution in [0.25, 0.3) is 33.8 Å². The maximum Gasteiger partial charge on any atom is 0.337 e. The van der Waals surface area contributed by atoms with E-state index in [4.69, 9.17) is 9.15 Å². The highest BCUT2D eigenvalue weighted by atomic mass is 16.5. The Kier molecular flexibility index (Phi) is 4.77. The maximum absolute atomic E-state index is 11.8. The molecular weight excluding hydrogens is 350 g/mol. The predicted octanol–water partition coefficient (Wildman–Crippen LogP) is 5.77. The summed E-state index contributed by atoms with van der Waals surface area (Å²) in [5, 5.41) is 0. The molecule has 0 fully saturated rings. The van der Waals surface area contributed by atoms with E-state index in [1.807, 2.05) is 36.4 Å². The lowest BCUT2D eigenvalue weighted by Gasteiger charge is -2.09. The first-order valence-corrected chi connectivity index (χ1v) is 8.97. The molecule has 4 heteroatoms. The van der Waals surface area contributed by atoms with Crippen molar-refractivity contribution in [3.63, 3.8) is 0 Å². The molecule has 1 aromatic heterocycles. The second kappa shape index (κ2) is 7.53. The van der Waals surface area contributed by atoms with E-state index in [9.17, 15) is 4.79 Å². The van der Waals surface area contributed by atoms with Crippen molar-refractivity contribution in [3.8, 4) is 33.8 Å². The van der Waals surface area contributed by atoms with Gasteiger partial charge in [0.15, 0.2) is 0 Å². The number of hydrogen-bond acceptors (Lipinski definition) is 4. The van der Waals surface area contributed by atoms with Gasteiger partial charge in [0.2, 0.25) is 5.89 Å². The molecule has 3 aromatic carbocycles. The summed E-state index contributed by atoms with van der Waals surface area (Å²) < 4.78 is 10.6. The lowest BCUT2D eigenvalue weighted by Crippen LogP contribution is -2.00. The Balaban J connectivity index is 1.72. The van der Waals surface area contributed by atoms with E-state index in [1.165, 1.54) is 7.11 Å². The van der Waals surface area contributed by atoms with Crippen molar-refractivity contribution in [1.29, 1.82) is 0 Å². The molecule has 4 aromatic rings. The van der Waals surface area contributed by atoms with Crippen molar-refractivity contribution >= 4 is 5.97 Å². The third kappa shape index (κ3) is 3.32. The van der Waals surface area contributed by atoms with Crippen molar-refractivity contribution in [2.24, 2.45) is 0 Å². The van der Waals surface area contributed by atoms with E-state index >= 15 is 0 Å². The fraction of sp³-hybridized carbons (Fsp3) is 0.0833. The van der Waals surface area contributed by atoms with Crippen molar-refractivity contribution < 1.29 is 13.9 Å². The smallest absolute Gasteiger partial charge is 0.337 e. The number of methoxy groups -OCH3 is 1. The molecule has 4 rings (SSSR count). The van der Waals surface area contributed by atoms with Crippen molar-refractivity contribution in [2.45, 2.75) is 6.92 Å². The third-order valence-corrected chi connectivity index (χ3v) is 4.73. The molecule has 0 bridgehead atoms. The standard InChI is InChI=1S/C24H19NO3/c1-16-20(17-8-4-3-5-9-17)12-7-13-21(16)23-25-22(15-28-23)18-10-6-11-19(14-18)24(26)27-2/h3-15H,1-2H3. The van der Waals surface area contributed by atoms with Gasteiger partial charge in [0, 0.05) is 11.1 Å². The first-order chi connectivity index (χ1) is 13.7. The summed E-state index contributed by atoms with van der Waals surface area (Å²) in [6, 6.07) is 23.5. The second-order valence-electron chi connectivity index (χ2n) is 6.45. The summed E-state index contributed by atoms with van der Waals surface area (Å²) in [5.74, 6) is 0.172. The van der Waals surface area contributed by atoms with E-state index in [-0.39, 0.29) is 5.97 Å². The minimum Gasteiger partial charge on any atom is -0.465 e. The zero-order valence-corrected chi connectivity index (χ0v) is 15.7. The number of hydrogen-bond donors (Lipinski definition) is 0. The number of carbonyl (C=O) groups is 1. The number of esters is 1. The van der Waals surface area contributed by atoms with Crippen LogP contribution in [0.5, 0.6) is 0 Å². The average molecular weight is 369 g/mol. The monoisotopic (exact) mass is 369 g/mol. The molecular formula is C24H19NO3. The second-order valence-corrected chi connectivity index (χ2v) is 6.45. The summed E-state index contributed by atoms with van der Waals surface area (Å²) >= 11 is 0. The molecule has 0 radical (unpaired) electrons. The van der Waals surface area contributed by atoms with Crippen LogP contribution in [0.1, 0.15) is 15.9 Å². The van der Waals surface area contributed by atoms with Crippen LogP contribution in [-0.2, 0) is 4.74 Å². The van der Waals surface area contributed by atoms with Gasteiger partial charge in [-0.1, -0.05) is 54.6 Å². The van der Waals surface area contributed by atoms with E-state index in [2.05, 4.69) is 30.1 Å². The summed E-state index contributed by atoms with van der Waals surface area (Å²) in [6.45, 7) is 2.07. The molecule has 0 aliphatic carbocycles. The Hall–Kier alpha value is -3.66. The van der Waals surface area contributed by atoms with Crippen LogP contribution < -0.4 is 0 Å². The van der Waals surface area contributed by atoms with E-state index in [0.717, 1.165) is 27.8 Å². The quantitative estimate of drug-likeness (QED) is 0.429. The predicted molar refractivity (Wildman–Crippen MR) is 109 cm³/mol. The minimum atomic E-state index is -0.378. The van der Waals surface area contributed by atoms with Gasteiger partial charge in [-0.3, -0.25) is 0 Å². The normalized spacial score (nSPS) is 10.6. The van der Waals surface area contributed by atoms with Crippen LogP contribution in [0.3, 0.4) is 0 Å². The Labute approximate surface area is 163 Å². The van der Waals surface area contributed by atoms with Crippen molar-refractivity contribution in [1.82, 2.24) is 4.98 Å². The van der Waals surface area contributed by atoms with Crippen molar-refractivity contribution in [3.05, 3.63) is 90.2 Å². The zero-order valence-electron chi connectivity index (χ0n) is 15.7. The number of oxazole rings is 1. The van der Waals surface area contributed by atoms with E-state index in [0.29, 0.717) is 17.1 Å². The van der Waals surface area contributed by atoms with Gasteiger partial charge in [-0.15, -0.1) is 0 Å². The number of carbonyl (C=O) groups excluding carboxylic acids is 1. The van der Waals surface area contributed by atoms with Gasteiger partial charge in [-0.25, -0.2) is 9.78 Å². The van der Waals surface area contributed by atoms with Crippen LogP contribution >= 0.6 is 0 Å². The fourth-order valence-corrected chi connectivity index (χ4v) is 3.25. The first kappa shape index (κ1) is 17.7. The van der Waals surface area contributed by atoms with Gasteiger partial charge in [0.25, 0.3) is 0 Å². The van der Waals surface area contributed by atoms with Gasteiger partial charge in [-0.05, 0) is 41.8 Å². The van der Waals surface area contributed by atoms with E-state index < -0.39 is 0 Å².